The van der Waals surface area contributed by atoms with E-state index in [4.69, 9.17) is 0 Å². The van der Waals surface area contributed by atoms with Gasteiger partial charge in [0.1, 0.15) is 0 Å². The van der Waals surface area contributed by atoms with Crippen LogP contribution in [0.25, 0.3) is 17.1 Å². The zero-order chi connectivity index (χ0) is 9.26. The molecule has 2 aromatic rings. The zero-order valence-electron chi connectivity index (χ0n) is 7.07. The third-order valence-corrected chi connectivity index (χ3v) is 3.03. The first-order valence-electron chi connectivity index (χ1n) is 3.96. The summed E-state index contributed by atoms with van der Waals surface area (Å²) >= 11 is 0.976. The van der Waals surface area contributed by atoms with Crippen molar-refractivity contribution in [2.45, 2.75) is 0 Å². The van der Waals surface area contributed by atoms with E-state index in [1.54, 1.807) is 6.08 Å². The van der Waals surface area contributed by atoms with Gasteiger partial charge >= 0.3 is 91.4 Å². The van der Waals surface area contributed by atoms with Gasteiger partial charge in [-0.2, -0.15) is 0 Å². The van der Waals surface area contributed by atoms with Gasteiger partial charge < -0.3 is 0 Å². The van der Waals surface area contributed by atoms with Gasteiger partial charge in [-0.3, -0.25) is 0 Å². The summed E-state index contributed by atoms with van der Waals surface area (Å²) in [5, 5.41) is 0. The van der Waals surface area contributed by atoms with Crippen molar-refractivity contribution in [1.82, 2.24) is 9.97 Å². The molecule has 0 aliphatic carbocycles. The summed E-state index contributed by atoms with van der Waals surface area (Å²) in [6.07, 6.45) is 1.76. The van der Waals surface area contributed by atoms with Crippen LogP contribution in [0, 0.1) is 0 Å². The Hall–Kier alpha value is -0.830. The van der Waals surface area contributed by atoms with Crippen molar-refractivity contribution in [1.29, 1.82) is 0 Å². The monoisotopic (exact) mass is 270 g/mol. The molecule has 0 unspecified atom stereocenters. The van der Waals surface area contributed by atoms with Gasteiger partial charge in [-0.1, -0.05) is 0 Å². The molecular formula is C10H7InN2. The van der Waals surface area contributed by atoms with Gasteiger partial charge in [0.25, 0.3) is 0 Å². The first-order valence-corrected chi connectivity index (χ1v) is 5.61. The Labute approximate surface area is 91.3 Å². The number of aromatic nitrogens is 2. The van der Waals surface area contributed by atoms with Crippen LogP contribution < -0.4 is 3.45 Å². The average Bonchev–Trinajstić information content (AvgIpc) is 2.17. The molecule has 60 valence electrons. The van der Waals surface area contributed by atoms with Crippen molar-refractivity contribution in [3.63, 3.8) is 0 Å². The van der Waals surface area contributed by atoms with Gasteiger partial charge in [0.2, 0.25) is 0 Å². The van der Waals surface area contributed by atoms with Gasteiger partial charge in [-0.05, 0) is 0 Å². The summed E-state index contributed by atoms with van der Waals surface area (Å²) < 4.78 is 1.05. The van der Waals surface area contributed by atoms with Gasteiger partial charge in [0.05, 0.1) is 0 Å². The Morgan fingerprint density at radius 3 is 2.38 bits per heavy atom. The van der Waals surface area contributed by atoms with E-state index < -0.39 is 0 Å². The van der Waals surface area contributed by atoms with Crippen LogP contribution in [-0.4, -0.2) is 34.3 Å². The predicted molar refractivity (Wildman–Crippen MR) is 55.0 cm³/mol. The van der Waals surface area contributed by atoms with E-state index in [1.807, 2.05) is 24.3 Å². The van der Waals surface area contributed by atoms with E-state index in [2.05, 4.69) is 16.5 Å². The van der Waals surface area contributed by atoms with Crippen molar-refractivity contribution in [2.75, 3.05) is 0 Å². The van der Waals surface area contributed by atoms with Crippen LogP contribution in [0.3, 0.4) is 0 Å². The van der Waals surface area contributed by atoms with Crippen molar-refractivity contribution in [2.24, 2.45) is 0 Å². The molecule has 0 spiro atoms. The minimum absolute atomic E-state index is 0.918. The average molecular weight is 270 g/mol. The molecule has 0 bridgehead atoms. The Balaban J connectivity index is 2.81. The van der Waals surface area contributed by atoms with E-state index in [9.17, 15) is 0 Å². The second-order valence-electron chi connectivity index (χ2n) is 2.69. The molecule has 2 nitrogen and oxygen atoms in total. The minimum atomic E-state index is 0.918. The molecule has 2 rings (SSSR count). The summed E-state index contributed by atoms with van der Waals surface area (Å²) in [4.78, 5) is 8.92. The first kappa shape index (κ1) is 8.75. The Kier molecular flexibility index (Phi) is 2.36. The molecule has 0 saturated carbocycles. The Bertz CT molecular complexity index is 465. The molecule has 13 heavy (non-hydrogen) atoms. The molecule has 0 aliphatic rings. The SMILES string of the molecule is C=Cc1nc2ccccc2n[c]1[In]. The molecule has 3 heteroatoms. The maximum atomic E-state index is 4.47. The Morgan fingerprint density at radius 1 is 1.15 bits per heavy atom. The second-order valence-corrected chi connectivity index (χ2v) is 4.25. The van der Waals surface area contributed by atoms with Gasteiger partial charge in [-0.15, -0.1) is 0 Å². The van der Waals surface area contributed by atoms with E-state index in [-0.39, 0.29) is 0 Å². The summed E-state index contributed by atoms with van der Waals surface area (Å²) in [7, 11) is 0. The third kappa shape index (κ3) is 1.61. The molecule has 0 saturated heterocycles. The van der Waals surface area contributed by atoms with Gasteiger partial charge in [-0.25, -0.2) is 0 Å². The van der Waals surface area contributed by atoms with Gasteiger partial charge in [0.15, 0.2) is 0 Å². The van der Waals surface area contributed by atoms with Crippen LogP contribution in [0.15, 0.2) is 30.8 Å². The number of para-hydroxylation sites is 2. The van der Waals surface area contributed by atoms with Crippen LogP contribution in [-0.2, 0) is 0 Å². The van der Waals surface area contributed by atoms with Crippen LogP contribution in [0.5, 0.6) is 0 Å². The fraction of sp³-hybridized carbons (Fsp3) is 0. The number of fused-ring (bicyclic) bond motifs is 1. The van der Waals surface area contributed by atoms with Crippen LogP contribution in [0.4, 0.5) is 0 Å². The fourth-order valence-corrected chi connectivity index (χ4v) is 2.10. The molecule has 0 N–H and O–H groups in total. The third-order valence-electron chi connectivity index (χ3n) is 1.82. The quantitative estimate of drug-likeness (QED) is 0.774. The van der Waals surface area contributed by atoms with E-state index >= 15 is 0 Å². The fourth-order valence-electron chi connectivity index (χ4n) is 1.18. The zero-order valence-corrected chi connectivity index (χ0v) is 10.4. The summed E-state index contributed by atoms with van der Waals surface area (Å²) in [5.41, 5.74) is 2.83. The van der Waals surface area contributed by atoms with Crippen molar-refractivity contribution in [3.05, 3.63) is 36.5 Å². The number of rotatable bonds is 1. The molecular weight excluding hydrogens is 263 g/mol. The van der Waals surface area contributed by atoms with Gasteiger partial charge in [0, 0.05) is 0 Å². The topological polar surface area (TPSA) is 25.8 Å². The van der Waals surface area contributed by atoms with Crippen molar-refractivity contribution < 1.29 is 0 Å². The van der Waals surface area contributed by atoms with Crippen molar-refractivity contribution >= 4 is 44.9 Å². The summed E-state index contributed by atoms with van der Waals surface area (Å²) in [5.74, 6) is 0. The number of benzene rings is 1. The maximum absolute atomic E-state index is 4.47. The summed E-state index contributed by atoms with van der Waals surface area (Å²) in [6.45, 7) is 3.72. The van der Waals surface area contributed by atoms with Crippen molar-refractivity contribution in [3.8, 4) is 0 Å². The normalized spacial score (nSPS) is 10.2. The molecule has 1 heterocycles. The van der Waals surface area contributed by atoms with Crippen LogP contribution in [0.2, 0.25) is 0 Å². The van der Waals surface area contributed by atoms with E-state index in [0.29, 0.717) is 0 Å². The number of nitrogens with zero attached hydrogens (tertiary/aromatic N) is 2. The number of hydrogen-bond acceptors (Lipinski definition) is 2. The molecule has 0 atom stereocenters. The van der Waals surface area contributed by atoms with E-state index in [1.165, 1.54) is 0 Å². The first-order chi connectivity index (χ1) is 6.31. The van der Waals surface area contributed by atoms with E-state index in [0.717, 1.165) is 44.6 Å². The second kappa shape index (κ2) is 3.50. The molecule has 0 aliphatic heterocycles. The molecule has 1 aromatic carbocycles. The molecule has 0 fully saturated rings. The predicted octanol–water partition coefficient (Wildman–Crippen LogP) is 1.07. The van der Waals surface area contributed by atoms with Crippen LogP contribution >= 0.6 is 0 Å². The molecule has 1 aromatic heterocycles. The molecule has 2 radical (unpaired) electrons. The summed E-state index contributed by atoms with van der Waals surface area (Å²) in [6, 6.07) is 7.89. The van der Waals surface area contributed by atoms with Crippen LogP contribution in [0.1, 0.15) is 5.69 Å². The Morgan fingerprint density at radius 2 is 1.77 bits per heavy atom. The molecule has 0 amide bonds. The number of hydrogen-bond donors (Lipinski definition) is 0. The standard InChI is InChI=1S/C10H7N2.In/c1-2-8-7-11-9-5-3-4-6-10(9)12-8;/h2-6H,1H2;.